The number of carbonyl (C=O) groups excluding carboxylic acids is 3. The normalized spacial score (nSPS) is 11.2. The molecule has 0 aliphatic carbocycles. The van der Waals surface area contributed by atoms with Gasteiger partial charge in [0, 0.05) is 24.1 Å². The Bertz CT molecular complexity index is 947. The first-order valence-corrected chi connectivity index (χ1v) is 9.34. The highest BCUT2D eigenvalue weighted by Gasteiger charge is 2.23. The van der Waals surface area contributed by atoms with Gasteiger partial charge in [-0.25, -0.2) is 4.79 Å². The Morgan fingerprint density at radius 2 is 1.67 bits per heavy atom. The van der Waals surface area contributed by atoms with E-state index in [1.54, 1.807) is 24.3 Å². The number of methoxy groups -OCH3 is 3. The highest BCUT2D eigenvalue weighted by Crippen LogP contribution is 2.34. The smallest absolute Gasteiger partial charge is 0.340 e. The molecule has 0 fully saturated rings. The number of rotatable bonds is 8. The number of benzene rings is 2. The molecule has 2 aromatic carbocycles. The van der Waals surface area contributed by atoms with Crippen molar-refractivity contribution >= 4 is 35.1 Å². The summed E-state index contributed by atoms with van der Waals surface area (Å²) < 4.78 is 15.2. The van der Waals surface area contributed by atoms with Gasteiger partial charge in [0.05, 0.1) is 45.0 Å². The van der Waals surface area contributed by atoms with E-state index in [2.05, 4.69) is 10.6 Å². The van der Waals surface area contributed by atoms with E-state index in [4.69, 9.17) is 25.8 Å². The summed E-state index contributed by atoms with van der Waals surface area (Å²) in [4.78, 5) is 36.6. The number of halogens is 1. The first-order chi connectivity index (χ1) is 14.3. The molecule has 0 aliphatic heterocycles. The number of ether oxygens (including phenoxy) is 3. The first kappa shape index (κ1) is 23.0. The van der Waals surface area contributed by atoms with Crippen molar-refractivity contribution in [2.24, 2.45) is 0 Å². The van der Waals surface area contributed by atoms with Gasteiger partial charge in [-0.15, -0.1) is 0 Å². The van der Waals surface area contributed by atoms with Gasteiger partial charge < -0.3 is 24.8 Å². The minimum atomic E-state index is -0.657. The van der Waals surface area contributed by atoms with E-state index in [0.717, 1.165) is 0 Å². The maximum absolute atomic E-state index is 12.8. The molecule has 0 bridgehead atoms. The maximum atomic E-state index is 12.8. The van der Waals surface area contributed by atoms with Crippen molar-refractivity contribution in [2.75, 3.05) is 26.6 Å². The Hall–Kier alpha value is -3.26. The molecule has 0 aromatic heterocycles. The molecule has 0 saturated heterocycles. The van der Waals surface area contributed by atoms with Crippen LogP contribution in [0.1, 0.15) is 35.3 Å². The molecular formula is C21H23ClN2O6. The Balaban J connectivity index is 2.34. The van der Waals surface area contributed by atoms with Crippen LogP contribution in [0.5, 0.6) is 11.5 Å². The van der Waals surface area contributed by atoms with Crippen molar-refractivity contribution in [3.8, 4) is 11.5 Å². The van der Waals surface area contributed by atoms with Crippen molar-refractivity contribution < 1.29 is 28.6 Å². The molecule has 30 heavy (non-hydrogen) atoms. The lowest BCUT2D eigenvalue weighted by atomic mass is 10.0. The molecule has 0 saturated carbocycles. The van der Waals surface area contributed by atoms with Crippen LogP contribution in [0.4, 0.5) is 5.69 Å². The van der Waals surface area contributed by atoms with Crippen LogP contribution in [0.15, 0.2) is 36.4 Å². The van der Waals surface area contributed by atoms with Gasteiger partial charge in [0.15, 0.2) is 11.5 Å². The average Bonchev–Trinajstić information content (AvgIpc) is 2.72. The van der Waals surface area contributed by atoms with Gasteiger partial charge in [0.1, 0.15) is 0 Å². The Morgan fingerprint density at radius 1 is 1.03 bits per heavy atom. The topological polar surface area (TPSA) is 103 Å². The molecular weight excluding hydrogens is 412 g/mol. The van der Waals surface area contributed by atoms with Crippen molar-refractivity contribution in [1.29, 1.82) is 0 Å². The Labute approximate surface area is 179 Å². The molecule has 2 rings (SSSR count). The first-order valence-electron chi connectivity index (χ1n) is 8.96. The number of hydrogen-bond donors (Lipinski definition) is 2. The van der Waals surface area contributed by atoms with Gasteiger partial charge in [-0.2, -0.15) is 0 Å². The van der Waals surface area contributed by atoms with Gasteiger partial charge in [-0.1, -0.05) is 29.8 Å². The van der Waals surface area contributed by atoms with Crippen LogP contribution >= 0.6 is 11.6 Å². The monoisotopic (exact) mass is 434 g/mol. The zero-order chi connectivity index (χ0) is 22.3. The highest BCUT2D eigenvalue weighted by atomic mass is 35.5. The van der Waals surface area contributed by atoms with Gasteiger partial charge in [-0.05, 0) is 11.6 Å². The predicted octanol–water partition coefficient (Wildman–Crippen LogP) is 3.35. The SMILES string of the molecule is COC(=O)c1cc(OC)c(OC)cc1NC(=O)C[C@H](NC(C)=O)c1ccccc1Cl. The molecule has 2 N–H and O–H groups in total. The summed E-state index contributed by atoms with van der Waals surface area (Å²) in [6.45, 7) is 1.35. The number of esters is 1. The predicted molar refractivity (Wildman–Crippen MR) is 112 cm³/mol. The van der Waals surface area contributed by atoms with Crippen molar-refractivity contribution in [1.82, 2.24) is 5.32 Å². The number of amides is 2. The quantitative estimate of drug-likeness (QED) is 0.617. The Kier molecular flexibility index (Phi) is 8.06. The molecule has 0 spiro atoms. The molecule has 160 valence electrons. The van der Waals surface area contributed by atoms with Crippen LogP contribution in [0.3, 0.4) is 0 Å². The summed E-state index contributed by atoms with van der Waals surface area (Å²) in [5.41, 5.74) is 0.882. The lowest BCUT2D eigenvalue weighted by Crippen LogP contribution is -2.30. The lowest BCUT2D eigenvalue weighted by Gasteiger charge is -2.20. The van der Waals surface area contributed by atoms with Crippen LogP contribution in [0.25, 0.3) is 0 Å². The molecule has 0 radical (unpaired) electrons. The van der Waals surface area contributed by atoms with Crippen LogP contribution in [-0.4, -0.2) is 39.1 Å². The third-order valence-corrected chi connectivity index (χ3v) is 4.59. The van der Waals surface area contributed by atoms with Crippen LogP contribution < -0.4 is 20.1 Å². The third kappa shape index (κ3) is 5.64. The van der Waals surface area contributed by atoms with Gasteiger partial charge in [0.25, 0.3) is 0 Å². The third-order valence-electron chi connectivity index (χ3n) is 4.25. The van der Waals surface area contributed by atoms with E-state index in [-0.39, 0.29) is 23.6 Å². The van der Waals surface area contributed by atoms with Gasteiger partial charge in [-0.3, -0.25) is 9.59 Å². The molecule has 2 aromatic rings. The summed E-state index contributed by atoms with van der Waals surface area (Å²) in [7, 11) is 4.10. The molecule has 9 heteroatoms. The van der Waals surface area contributed by atoms with E-state index in [1.165, 1.54) is 40.4 Å². The van der Waals surface area contributed by atoms with Gasteiger partial charge in [0.2, 0.25) is 11.8 Å². The summed E-state index contributed by atoms with van der Waals surface area (Å²) in [5, 5.41) is 5.82. The minimum Gasteiger partial charge on any atom is -0.493 e. The van der Waals surface area contributed by atoms with E-state index in [1.807, 2.05) is 0 Å². The number of nitrogens with one attached hydrogen (secondary N) is 2. The summed E-state index contributed by atoms with van der Waals surface area (Å²) in [6, 6.07) is 9.14. The fourth-order valence-corrected chi connectivity index (χ4v) is 3.16. The number of carbonyl (C=O) groups is 3. The molecule has 0 unspecified atom stereocenters. The molecule has 1 atom stereocenters. The van der Waals surface area contributed by atoms with Gasteiger partial charge >= 0.3 is 5.97 Å². The molecule has 0 heterocycles. The van der Waals surface area contributed by atoms with E-state index < -0.39 is 17.9 Å². The fourth-order valence-electron chi connectivity index (χ4n) is 2.89. The average molecular weight is 435 g/mol. The van der Waals surface area contributed by atoms with Crippen molar-refractivity contribution in [3.63, 3.8) is 0 Å². The zero-order valence-corrected chi connectivity index (χ0v) is 17.8. The second kappa shape index (κ2) is 10.5. The maximum Gasteiger partial charge on any atom is 0.340 e. The lowest BCUT2D eigenvalue weighted by molar-refractivity contribution is -0.120. The van der Waals surface area contributed by atoms with Crippen molar-refractivity contribution in [3.05, 3.63) is 52.5 Å². The van der Waals surface area contributed by atoms with Crippen LogP contribution in [0.2, 0.25) is 5.02 Å². The second-order valence-corrected chi connectivity index (χ2v) is 6.68. The fraction of sp³-hybridized carbons (Fsp3) is 0.286. The van der Waals surface area contributed by atoms with E-state index in [0.29, 0.717) is 22.1 Å². The van der Waals surface area contributed by atoms with E-state index in [9.17, 15) is 14.4 Å². The van der Waals surface area contributed by atoms with Crippen LogP contribution in [-0.2, 0) is 14.3 Å². The number of hydrogen-bond acceptors (Lipinski definition) is 6. The Morgan fingerprint density at radius 3 is 2.23 bits per heavy atom. The standard InChI is InChI=1S/C21H23ClN2O6/c1-12(25)23-17(13-7-5-6-8-15(13)22)11-20(26)24-16-10-19(29-3)18(28-2)9-14(16)21(27)30-4/h5-10,17H,11H2,1-4H3,(H,23,25)(H,24,26)/t17-/m0/s1. The highest BCUT2D eigenvalue weighted by molar-refractivity contribution is 6.31. The largest absolute Gasteiger partial charge is 0.493 e. The molecule has 8 nitrogen and oxygen atoms in total. The summed E-state index contributed by atoms with van der Waals surface area (Å²) in [5.74, 6) is -0.788. The minimum absolute atomic E-state index is 0.0947. The van der Waals surface area contributed by atoms with E-state index >= 15 is 0 Å². The zero-order valence-electron chi connectivity index (χ0n) is 17.1. The second-order valence-electron chi connectivity index (χ2n) is 6.27. The molecule has 0 aliphatic rings. The van der Waals surface area contributed by atoms with Crippen LogP contribution in [0, 0.1) is 0 Å². The molecule has 2 amide bonds. The summed E-state index contributed by atoms with van der Waals surface area (Å²) >= 11 is 6.23. The summed E-state index contributed by atoms with van der Waals surface area (Å²) in [6.07, 6.45) is -0.113. The van der Waals surface area contributed by atoms with Crippen molar-refractivity contribution in [2.45, 2.75) is 19.4 Å². The number of anilines is 1.